The van der Waals surface area contributed by atoms with Crippen molar-refractivity contribution in [3.8, 4) is 0 Å². The zero-order chi connectivity index (χ0) is 17.0. The third-order valence-corrected chi connectivity index (χ3v) is 3.99. The second kappa shape index (κ2) is 7.81. The molecule has 0 saturated carbocycles. The van der Waals surface area contributed by atoms with Gasteiger partial charge in [-0.3, -0.25) is 0 Å². The van der Waals surface area contributed by atoms with Gasteiger partial charge in [0.2, 0.25) is 0 Å². The van der Waals surface area contributed by atoms with Crippen LogP contribution in [0.2, 0.25) is 5.02 Å². The fourth-order valence-electron chi connectivity index (χ4n) is 2.57. The maximum absolute atomic E-state index is 10.2. The van der Waals surface area contributed by atoms with Crippen LogP contribution < -0.4 is 4.90 Å². The van der Waals surface area contributed by atoms with E-state index in [-0.39, 0.29) is 12.7 Å². The summed E-state index contributed by atoms with van der Waals surface area (Å²) in [5.41, 5.74) is 2.75. The van der Waals surface area contributed by atoms with Crippen molar-refractivity contribution in [2.45, 2.75) is 33.0 Å². The number of benzene rings is 1. The minimum atomic E-state index is -0.608. The first-order valence-electron chi connectivity index (χ1n) is 7.57. The summed E-state index contributed by atoms with van der Waals surface area (Å²) in [5.74, 6) is 0.743. The molecule has 2 rings (SSSR count). The summed E-state index contributed by atoms with van der Waals surface area (Å²) in [5, 5.41) is 14.8. The summed E-state index contributed by atoms with van der Waals surface area (Å²) < 4.78 is 10.9. The molecule has 0 aliphatic carbocycles. The average molecular weight is 339 g/mol. The molecule has 0 fully saturated rings. The molecule has 0 bridgehead atoms. The van der Waals surface area contributed by atoms with Gasteiger partial charge < -0.3 is 19.3 Å². The van der Waals surface area contributed by atoms with E-state index in [9.17, 15) is 5.11 Å². The molecule has 1 aromatic carbocycles. The molecular formula is C17H23ClN2O3. The lowest BCUT2D eigenvalue weighted by atomic mass is 10.1. The monoisotopic (exact) mass is 338 g/mol. The van der Waals surface area contributed by atoms with Crippen molar-refractivity contribution >= 4 is 17.3 Å². The molecule has 2 atom stereocenters. The second-order valence-corrected chi connectivity index (χ2v) is 6.17. The number of ether oxygens (including phenoxy) is 1. The lowest BCUT2D eigenvalue weighted by Crippen LogP contribution is -2.33. The largest absolute Gasteiger partial charge is 0.389 e. The van der Waals surface area contributed by atoms with Gasteiger partial charge in [0.25, 0.3) is 0 Å². The maximum atomic E-state index is 10.2. The average Bonchev–Trinajstić information content (AvgIpc) is 2.84. The van der Waals surface area contributed by atoms with E-state index >= 15 is 0 Å². The third-order valence-electron chi connectivity index (χ3n) is 3.74. The standard InChI is InChI=1S/C17H23ClN2O3/c1-11-17(13(3)23-19-11)20(4)9-16(21)10-22-12(2)14-5-7-15(18)8-6-14/h5-8,12,16,21H,9-10H2,1-4H3. The first-order chi connectivity index (χ1) is 10.9. The van der Waals surface area contributed by atoms with Crippen LogP contribution in [-0.4, -0.2) is 36.6 Å². The van der Waals surface area contributed by atoms with Gasteiger partial charge in [0, 0.05) is 18.6 Å². The van der Waals surface area contributed by atoms with Crippen molar-refractivity contribution in [3.63, 3.8) is 0 Å². The van der Waals surface area contributed by atoms with E-state index in [0.29, 0.717) is 11.6 Å². The van der Waals surface area contributed by atoms with Crippen molar-refractivity contribution in [3.05, 3.63) is 46.3 Å². The number of aromatic nitrogens is 1. The number of hydrogen-bond donors (Lipinski definition) is 1. The Kier molecular flexibility index (Phi) is 6.04. The summed E-state index contributed by atoms with van der Waals surface area (Å²) in [6.45, 7) is 6.38. The fourth-order valence-corrected chi connectivity index (χ4v) is 2.69. The molecule has 0 saturated heterocycles. The zero-order valence-corrected chi connectivity index (χ0v) is 14.7. The topological polar surface area (TPSA) is 58.7 Å². The van der Waals surface area contributed by atoms with Gasteiger partial charge in [0.1, 0.15) is 11.4 Å². The van der Waals surface area contributed by atoms with Crippen LogP contribution in [0.15, 0.2) is 28.8 Å². The van der Waals surface area contributed by atoms with Crippen LogP contribution in [0.4, 0.5) is 5.69 Å². The molecule has 126 valence electrons. The van der Waals surface area contributed by atoms with Gasteiger partial charge >= 0.3 is 0 Å². The molecule has 1 heterocycles. The lowest BCUT2D eigenvalue weighted by molar-refractivity contribution is 0.000627. The Bertz CT molecular complexity index is 608. The normalized spacial score (nSPS) is 13.8. The molecular weight excluding hydrogens is 316 g/mol. The molecule has 2 unspecified atom stereocenters. The van der Waals surface area contributed by atoms with Crippen molar-refractivity contribution in [1.82, 2.24) is 5.16 Å². The minimum Gasteiger partial charge on any atom is -0.389 e. The molecule has 23 heavy (non-hydrogen) atoms. The Morgan fingerprint density at radius 3 is 2.52 bits per heavy atom. The van der Waals surface area contributed by atoms with E-state index in [4.69, 9.17) is 20.9 Å². The number of hydrogen-bond acceptors (Lipinski definition) is 5. The number of halogens is 1. The molecule has 1 N–H and O–H groups in total. The van der Waals surface area contributed by atoms with E-state index in [1.807, 2.05) is 57.0 Å². The number of aliphatic hydroxyl groups is 1. The number of aliphatic hydroxyl groups excluding tert-OH is 1. The number of anilines is 1. The van der Waals surface area contributed by atoms with E-state index in [0.717, 1.165) is 22.7 Å². The summed E-state index contributed by atoms with van der Waals surface area (Å²) in [4.78, 5) is 1.93. The highest BCUT2D eigenvalue weighted by molar-refractivity contribution is 6.30. The zero-order valence-electron chi connectivity index (χ0n) is 13.9. The van der Waals surface area contributed by atoms with Crippen molar-refractivity contribution in [2.75, 3.05) is 25.1 Å². The highest BCUT2D eigenvalue weighted by Gasteiger charge is 2.17. The predicted octanol–water partition coefficient (Wildman–Crippen LogP) is 3.52. The van der Waals surface area contributed by atoms with Gasteiger partial charge in [-0.25, -0.2) is 0 Å². The minimum absolute atomic E-state index is 0.105. The maximum Gasteiger partial charge on any atom is 0.157 e. The highest BCUT2D eigenvalue weighted by atomic mass is 35.5. The summed E-state index contributed by atoms with van der Waals surface area (Å²) in [6, 6.07) is 7.52. The SMILES string of the molecule is Cc1noc(C)c1N(C)CC(O)COC(C)c1ccc(Cl)cc1. The second-order valence-electron chi connectivity index (χ2n) is 5.73. The van der Waals surface area contributed by atoms with Crippen LogP contribution >= 0.6 is 11.6 Å². The molecule has 0 aliphatic heterocycles. The van der Waals surface area contributed by atoms with Crippen molar-refractivity contribution in [1.29, 1.82) is 0 Å². The van der Waals surface area contributed by atoms with E-state index < -0.39 is 6.10 Å². The molecule has 5 nitrogen and oxygen atoms in total. The highest BCUT2D eigenvalue weighted by Crippen LogP contribution is 2.23. The number of rotatable bonds is 7. The van der Waals surface area contributed by atoms with Crippen molar-refractivity contribution < 1.29 is 14.4 Å². The van der Waals surface area contributed by atoms with Gasteiger partial charge in [0.15, 0.2) is 5.76 Å². The molecule has 2 aromatic rings. The molecule has 0 aliphatic rings. The van der Waals surface area contributed by atoms with Crippen LogP contribution in [-0.2, 0) is 4.74 Å². The Morgan fingerprint density at radius 1 is 1.30 bits per heavy atom. The summed E-state index contributed by atoms with van der Waals surface area (Å²) >= 11 is 5.88. The summed E-state index contributed by atoms with van der Waals surface area (Å²) in [6.07, 6.45) is -0.713. The molecule has 1 aromatic heterocycles. The Hall–Kier alpha value is -1.56. The Morgan fingerprint density at radius 2 is 1.96 bits per heavy atom. The van der Waals surface area contributed by atoms with Crippen LogP contribution in [0, 0.1) is 13.8 Å². The van der Waals surface area contributed by atoms with Crippen LogP contribution in [0.1, 0.15) is 30.0 Å². The first kappa shape index (κ1) is 17.8. The molecule has 6 heteroatoms. The van der Waals surface area contributed by atoms with Gasteiger partial charge in [0.05, 0.1) is 18.8 Å². The molecule has 0 radical (unpaired) electrons. The van der Waals surface area contributed by atoms with Crippen LogP contribution in [0.5, 0.6) is 0 Å². The van der Waals surface area contributed by atoms with Crippen LogP contribution in [0.3, 0.4) is 0 Å². The van der Waals surface area contributed by atoms with E-state index in [2.05, 4.69) is 5.16 Å². The van der Waals surface area contributed by atoms with Gasteiger partial charge in [-0.1, -0.05) is 28.9 Å². The third kappa shape index (κ3) is 4.70. The van der Waals surface area contributed by atoms with Gasteiger partial charge in [-0.2, -0.15) is 0 Å². The first-order valence-corrected chi connectivity index (χ1v) is 7.95. The number of likely N-dealkylation sites (N-methyl/N-ethyl adjacent to an activating group) is 1. The van der Waals surface area contributed by atoms with Gasteiger partial charge in [-0.05, 0) is 38.5 Å². The van der Waals surface area contributed by atoms with Gasteiger partial charge in [-0.15, -0.1) is 0 Å². The Balaban J connectivity index is 1.85. The van der Waals surface area contributed by atoms with E-state index in [1.54, 1.807) is 0 Å². The smallest absolute Gasteiger partial charge is 0.157 e. The fraction of sp³-hybridized carbons (Fsp3) is 0.471. The summed E-state index contributed by atoms with van der Waals surface area (Å²) in [7, 11) is 1.90. The van der Waals surface area contributed by atoms with Crippen molar-refractivity contribution in [2.24, 2.45) is 0 Å². The van der Waals surface area contributed by atoms with E-state index in [1.165, 1.54) is 0 Å². The quantitative estimate of drug-likeness (QED) is 0.837. The number of aryl methyl sites for hydroxylation is 2. The molecule has 0 amide bonds. The molecule has 0 spiro atoms. The lowest BCUT2D eigenvalue weighted by Gasteiger charge is -2.23. The number of nitrogens with zero attached hydrogens (tertiary/aromatic N) is 2. The Labute approximate surface area is 141 Å². The predicted molar refractivity (Wildman–Crippen MR) is 91.1 cm³/mol. The van der Waals surface area contributed by atoms with Crippen LogP contribution in [0.25, 0.3) is 0 Å².